The second-order valence-corrected chi connectivity index (χ2v) is 3.32. The lowest BCUT2D eigenvalue weighted by molar-refractivity contribution is -0.142. The van der Waals surface area contributed by atoms with Crippen LogP contribution in [0.2, 0.25) is 0 Å². The van der Waals surface area contributed by atoms with Gasteiger partial charge in [0.15, 0.2) is 0 Å². The van der Waals surface area contributed by atoms with Crippen molar-refractivity contribution in [1.82, 2.24) is 15.1 Å². The Bertz CT molecular complexity index is 337. The topological polar surface area (TPSA) is 69.7 Å². The van der Waals surface area contributed by atoms with Gasteiger partial charge in [-0.25, -0.2) is 4.79 Å². The molecule has 1 rings (SSSR count). The van der Waals surface area contributed by atoms with Crippen LogP contribution in [0.1, 0.15) is 0 Å². The van der Waals surface area contributed by atoms with Gasteiger partial charge in [0.1, 0.15) is 0 Å². The van der Waals surface area contributed by atoms with Gasteiger partial charge in [0.05, 0.1) is 6.54 Å². The van der Waals surface area contributed by atoms with Crippen molar-refractivity contribution in [3.05, 3.63) is 12.2 Å². The number of amides is 4. The molecular formula is C9H13N3O3. The average Bonchev–Trinajstić information content (AvgIpc) is 2.36. The molecule has 4 amide bonds. The van der Waals surface area contributed by atoms with E-state index in [9.17, 15) is 14.4 Å². The van der Waals surface area contributed by atoms with Crippen molar-refractivity contribution in [3.63, 3.8) is 0 Å². The van der Waals surface area contributed by atoms with E-state index < -0.39 is 17.8 Å². The van der Waals surface area contributed by atoms with E-state index >= 15 is 0 Å². The van der Waals surface area contributed by atoms with Crippen LogP contribution in [0.15, 0.2) is 12.2 Å². The van der Waals surface area contributed by atoms with E-state index in [-0.39, 0.29) is 6.54 Å². The van der Waals surface area contributed by atoms with Gasteiger partial charge in [0.2, 0.25) is 0 Å². The first-order chi connectivity index (χ1) is 6.99. The van der Waals surface area contributed by atoms with Crippen LogP contribution in [0.3, 0.4) is 0 Å². The molecule has 0 bridgehead atoms. The molecule has 6 nitrogen and oxygen atoms in total. The van der Waals surface area contributed by atoms with Gasteiger partial charge in [-0.15, -0.1) is 0 Å². The van der Waals surface area contributed by atoms with E-state index in [1.54, 1.807) is 7.05 Å². The Labute approximate surface area is 87.5 Å². The highest BCUT2D eigenvalue weighted by atomic mass is 16.2. The van der Waals surface area contributed by atoms with Crippen molar-refractivity contribution in [2.45, 2.75) is 0 Å². The zero-order valence-electron chi connectivity index (χ0n) is 8.74. The number of nitrogens with one attached hydrogen (secondary N) is 1. The Morgan fingerprint density at radius 3 is 2.33 bits per heavy atom. The summed E-state index contributed by atoms with van der Waals surface area (Å²) in [6.45, 7) is 4.26. The number of carbonyl (C=O) groups excluding carboxylic acids is 3. The number of likely N-dealkylation sites (N-methyl/N-ethyl adjacent to an activating group) is 2. The Morgan fingerprint density at radius 1 is 1.33 bits per heavy atom. The molecule has 1 N–H and O–H groups in total. The Hall–Kier alpha value is -1.69. The maximum atomic E-state index is 11.4. The maximum Gasteiger partial charge on any atom is 0.334 e. The molecule has 0 aromatic carbocycles. The van der Waals surface area contributed by atoms with E-state index in [4.69, 9.17) is 0 Å². The van der Waals surface area contributed by atoms with E-state index in [0.717, 1.165) is 9.80 Å². The highest BCUT2D eigenvalue weighted by Gasteiger charge is 2.41. The molecule has 0 aliphatic carbocycles. The first kappa shape index (κ1) is 11.4. The average molecular weight is 211 g/mol. The molecule has 0 radical (unpaired) electrons. The molecule has 1 saturated heterocycles. The van der Waals surface area contributed by atoms with Crippen molar-refractivity contribution in [2.75, 3.05) is 27.2 Å². The normalized spacial score (nSPS) is 16.5. The van der Waals surface area contributed by atoms with Crippen molar-refractivity contribution in [1.29, 1.82) is 0 Å². The van der Waals surface area contributed by atoms with Gasteiger partial charge in [-0.05, 0) is 12.6 Å². The zero-order chi connectivity index (χ0) is 11.6. The Kier molecular flexibility index (Phi) is 3.21. The minimum absolute atomic E-state index is 0.0780. The molecule has 6 heteroatoms. The lowest BCUT2D eigenvalue weighted by atomic mass is 10.3. The number of imide groups is 2. The molecule has 15 heavy (non-hydrogen) atoms. The van der Waals surface area contributed by atoms with E-state index in [0.29, 0.717) is 12.1 Å². The van der Waals surface area contributed by atoms with Crippen molar-refractivity contribution < 1.29 is 14.4 Å². The van der Waals surface area contributed by atoms with Gasteiger partial charge in [-0.1, -0.05) is 6.58 Å². The number of urea groups is 1. The molecular weight excluding hydrogens is 198 g/mol. The van der Waals surface area contributed by atoms with E-state index in [1.807, 2.05) is 0 Å². The summed E-state index contributed by atoms with van der Waals surface area (Å²) in [6.07, 6.45) is 0. The van der Waals surface area contributed by atoms with Crippen LogP contribution >= 0.6 is 0 Å². The van der Waals surface area contributed by atoms with Gasteiger partial charge in [-0.2, -0.15) is 0 Å². The number of nitrogens with zero attached hydrogens (tertiary/aromatic N) is 2. The van der Waals surface area contributed by atoms with Crippen LogP contribution < -0.4 is 5.32 Å². The van der Waals surface area contributed by atoms with Crippen LogP contribution in [0.25, 0.3) is 0 Å². The molecule has 0 aromatic rings. The summed E-state index contributed by atoms with van der Waals surface area (Å²) < 4.78 is 0. The fourth-order valence-electron chi connectivity index (χ4n) is 1.28. The quantitative estimate of drug-likeness (QED) is 0.375. The van der Waals surface area contributed by atoms with Crippen molar-refractivity contribution >= 4 is 17.8 Å². The number of rotatable bonds is 4. The molecule has 1 aliphatic heterocycles. The van der Waals surface area contributed by atoms with Gasteiger partial charge in [-0.3, -0.25) is 19.4 Å². The second-order valence-electron chi connectivity index (χ2n) is 3.32. The summed E-state index contributed by atoms with van der Waals surface area (Å²) >= 11 is 0. The highest BCUT2D eigenvalue weighted by molar-refractivity contribution is 6.44. The summed E-state index contributed by atoms with van der Waals surface area (Å²) in [5, 5.41) is 2.85. The van der Waals surface area contributed by atoms with Crippen LogP contribution in [-0.4, -0.2) is 54.8 Å². The van der Waals surface area contributed by atoms with Crippen LogP contribution in [-0.2, 0) is 9.59 Å². The largest absolute Gasteiger partial charge is 0.334 e. The summed E-state index contributed by atoms with van der Waals surface area (Å²) in [6, 6.07) is -0.595. The lowest BCUT2D eigenvalue weighted by Gasteiger charge is -2.14. The van der Waals surface area contributed by atoms with Crippen LogP contribution in [0.5, 0.6) is 0 Å². The number of hydrogen-bond donors (Lipinski definition) is 1. The molecule has 1 fully saturated rings. The minimum Gasteiger partial charge on any atom is -0.316 e. The monoisotopic (exact) mass is 211 g/mol. The fourth-order valence-corrected chi connectivity index (χ4v) is 1.28. The van der Waals surface area contributed by atoms with E-state index in [2.05, 4.69) is 11.9 Å². The van der Waals surface area contributed by atoms with Crippen molar-refractivity contribution in [3.8, 4) is 0 Å². The van der Waals surface area contributed by atoms with Crippen LogP contribution in [0, 0.1) is 0 Å². The Balaban J connectivity index is 2.71. The van der Waals surface area contributed by atoms with Gasteiger partial charge < -0.3 is 5.32 Å². The van der Waals surface area contributed by atoms with Gasteiger partial charge >= 0.3 is 17.8 Å². The predicted octanol–water partition coefficient (Wildman–Crippen LogP) is -0.817. The van der Waals surface area contributed by atoms with Gasteiger partial charge in [0, 0.05) is 13.6 Å². The summed E-state index contributed by atoms with van der Waals surface area (Å²) in [5.74, 6) is -1.59. The fraction of sp³-hybridized carbons (Fsp3) is 0.444. The summed E-state index contributed by atoms with van der Waals surface area (Å²) in [4.78, 5) is 35.6. The predicted molar refractivity (Wildman–Crippen MR) is 52.9 cm³/mol. The van der Waals surface area contributed by atoms with Crippen LogP contribution in [0.4, 0.5) is 4.79 Å². The smallest absolute Gasteiger partial charge is 0.316 e. The summed E-state index contributed by atoms with van der Waals surface area (Å²) in [5.41, 5.74) is 0.669. The highest BCUT2D eigenvalue weighted by Crippen LogP contribution is 2.10. The molecule has 0 spiro atoms. The minimum atomic E-state index is -0.794. The molecule has 82 valence electrons. The third-order valence-electron chi connectivity index (χ3n) is 2.06. The standard InChI is InChI=1S/C9H13N3O3/c1-6(4-10-2)5-12-8(14)7(13)11(3)9(12)15/h10H,1,4-5H2,2-3H3. The molecule has 1 aliphatic rings. The number of carbonyl (C=O) groups is 3. The first-order valence-corrected chi connectivity index (χ1v) is 4.43. The Morgan fingerprint density at radius 2 is 1.93 bits per heavy atom. The maximum absolute atomic E-state index is 11.4. The summed E-state index contributed by atoms with van der Waals surface area (Å²) in [7, 11) is 3.01. The van der Waals surface area contributed by atoms with E-state index in [1.165, 1.54) is 7.05 Å². The number of hydrogen-bond acceptors (Lipinski definition) is 4. The van der Waals surface area contributed by atoms with Gasteiger partial charge in [0.25, 0.3) is 0 Å². The first-order valence-electron chi connectivity index (χ1n) is 4.43. The molecule has 1 heterocycles. The SMILES string of the molecule is C=C(CNC)CN1C(=O)C(=O)N(C)C1=O. The molecule has 0 aromatic heterocycles. The zero-order valence-corrected chi connectivity index (χ0v) is 8.74. The second kappa shape index (κ2) is 4.22. The molecule has 0 unspecified atom stereocenters. The lowest BCUT2D eigenvalue weighted by Crippen LogP contribution is -2.34. The molecule has 0 atom stereocenters. The molecule has 0 saturated carbocycles. The van der Waals surface area contributed by atoms with Crippen molar-refractivity contribution in [2.24, 2.45) is 0 Å². The third-order valence-corrected chi connectivity index (χ3v) is 2.06. The third kappa shape index (κ3) is 2.04.